The normalized spacial score (nSPS) is 11.4. The van der Waals surface area contributed by atoms with E-state index in [4.69, 9.17) is 31.8 Å². The van der Waals surface area contributed by atoms with Crippen LogP contribution in [0.1, 0.15) is 11.1 Å². The van der Waals surface area contributed by atoms with Crippen molar-refractivity contribution in [3.8, 4) is 92.9 Å². The summed E-state index contributed by atoms with van der Waals surface area (Å²) in [4.78, 5) is -1.06. The van der Waals surface area contributed by atoms with E-state index in [2.05, 4.69) is 11.8 Å². The summed E-state index contributed by atoms with van der Waals surface area (Å²) >= 11 is 0. The minimum absolute atomic E-state index is 0.0281. The Balaban J connectivity index is 1.24. The second-order valence-corrected chi connectivity index (χ2v) is 16.2. The fourth-order valence-electron chi connectivity index (χ4n) is 6.99. The molecular weight excluding hydrogens is 1050 g/mol. The molecule has 0 radical (unpaired) electrons. The first-order valence-electron chi connectivity index (χ1n) is 19.7. The Morgan fingerprint density at radius 3 is 0.959 bits per heavy atom. The van der Waals surface area contributed by atoms with Crippen LogP contribution in [0.25, 0.3) is 33.0 Å². The van der Waals surface area contributed by atoms with Gasteiger partial charge < -0.3 is 23.5 Å². The summed E-state index contributed by atoms with van der Waals surface area (Å²) in [5.74, 6) is -51.7. The molecule has 0 aliphatic rings. The second kappa shape index (κ2) is 19.3. The van der Waals surface area contributed by atoms with Crippen LogP contribution in [0.4, 0.5) is 70.2 Å². The van der Waals surface area contributed by atoms with Crippen LogP contribution in [-0.4, -0.2) is 13.0 Å². The maximum Gasteiger partial charge on any atom is 0.205 e. The Bertz CT molecular complexity index is 3830. The van der Waals surface area contributed by atoms with Crippen LogP contribution >= 0.6 is 0 Å². The predicted molar refractivity (Wildman–Crippen MR) is 224 cm³/mol. The molecule has 7 nitrogen and oxygen atoms in total. The first-order chi connectivity index (χ1) is 34.9. The van der Waals surface area contributed by atoms with Gasteiger partial charge in [-0.3, -0.25) is 0 Å². The van der Waals surface area contributed by atoms with Gasteiger partial charge in [0.15, 0.2) is 58.0 Å². The van der Waals surface area contributed by atoms with Crippen LogP contribution < -0.4 is 18.9 Å². The van der Waals surface area contributed by atoms with Crippen molar-refractivity contribution < 1.29 is 102 Å². The third-order valence-electron chi connectivity index (χ3n) is 10.4. The molecule has 0 aliphatic carbocycles. The maximum atomic E-state index is 15.9. The van der Waals surface area contributed by atoms with Gasteiger partial charge in [0.2, 0.25) is 69.5 Å². The van der Waals surface area contributed by atoms with Gasteiger partial charge in [0, 0.05) is 11.1 Å². The Morgan fingerprint density at radius 2 is 0.662 bits per heavy atom. The molecule has 0 N–H and O–H groups in total. The highest BCUT2D eigenvalue weighted by Gasteiger charge is 2.38. The fourth-order valence-corrected chi connectivity index (χ4v) is 7.49. The number of hydrogen-bond donors (Lipinski definition) is 0. The molecule has 0 amide bonds. The van der Waals surface area contributed by atoms with Crippen molar-refractivity contribution in [1.29, 1.82) is 0 Å². The molecule has 0 saturated heterocycles. The molecular formula is C50H15F16O7S-. The topological polar surface area (TPSA) is 94.1 Å². The average Bonchev–Trinajstić information content (AvgIpc) is 3.38. The van der Waals surface area contributed by atoms with Gasteiger partial charge in [0.05, 0.1) is 27.1 Å². The maximum absolute atomic E-state index is 15.9. The molecule has 0 spiro atoms. The van der Waals surface area contributed by atoms with Crippen molar-refractivity contribution in [2.75, 3.05) is 0 Å². The first-order valence-corrected chi connectivity index (χ1v) is 21.1. The van der Waals surface area contributed by atoms with E-state index in [-0.39, 0.29) is 11.1 Å². The Kier molecular flexibility index (Phi) is 13.4. The number of fused-ring (bicyclic) bond motifs is 1. The minimum Gasteiger partial charge on any atom is -0.744 e. The molecule has 0 unspecified atom stereocenters. The fraction of sp³-hybridized carbons (Fsp3) is 0. The summed E-state index contributed by atoms with van der Waals surface area (Å²) in [6.45, 7) is 0. The summed E-state index contributed by atoms with van der Waals surface area (Å²) in [6.07, 6.45) is 10.4. The SMILES string of the molecule is C#Cc1cccc(Oc2c(F)c(F)c(-c3c(F)c(F)c(Oc4cc5ccc(S(=O)(=O)[O-])cc5cc4Oc4c(F)c(F)c(-c5c(F)c(F)c(Oc6cccc(C#C)c6)c(F)c5F)c(F)c4F)c(F)c3F)c(F)c2F)c1. The lowest BCUT2D eigenvalue weighted by Crippen LogP contribution is -2.10. The van der Waals surface area contributed by atoms with Gasteiger partial charge in [0.1, 0.15) is 21.6 Å². The molecule has 24 heteroatoms. The van der Waals surface area contributed by atoms with E-state index in [0.29, 0.717) is 24.3 Å². The zero-order valence-electron chi connectivity index (χ0n) is 35.5. The number of hydrogen-bond acceptors (Lipinski definition) is 7. The minimum atomic E-state index is -5.36. The molecule has 0 aliphatic heterocycles. The van der Waals surface area contributed by atoms with Gasteiger partial charge in [0.25, 0.3) is 0 Å². The molecule has 8 aromatic rings. The third-order valence-corrected chi connectivity index (χ3v) is 11.3. The van der Waals surface area contributed by atoms with E-state index in [1.807, 2.05) is 0 Å². The molecule has 8 aromatic carbocycles. The lowest BCUT2D eigenvalue weighted by Gasteiger charge is -2.19. The molecule has 74 heavy (non-hydrogen) atoms. The number of halogens is 16. The van der Waals surface area contributed by atoms with Crippen LogP contribution in [-0.2, 0) is 10.1 Å². The Morgan fingerprint density at radius 1 is 0.365 bits per heavy atom. The van der Waals surface area contributed by atoms with Crippen molar-refractivity contribution in [2.45, 2.75) is 4.90 Å². The zero-order chi connectivity index (χ0) is 54.0. The Labute approximate surface area is 403 Å². The zero-order valence-corrected chi connectivity index (χ0v) is 36.3. The van der Waals surface area contributed by atoms with Gasteiger partial charge in [-0.2, -0.15) is 35.1 Å². The summed E-state index contributed by atoms with van der Waals surface area (Å²) in [7, 11) is -5.36. The number of rotatable bonds is 11. The van der Waals surface area contributed by atoms with E-state index >= 15 is 70.2 Å². The van der Waals surface area contributed by atoms with Crippen LogP contribution in [0.3, 0.4) is 0 Å². The van der Waals surface area contributed by atoms with E-state index in [1.165, 1.54) is 24.3 Å². The molecule has 0 saturated carbocycles. The van der Waals surface area contributed by atoms with Gasteiger partial charge >= 0.3 is 0 Å². The van der Waals surface area contributed by atoms with Crippen molar-refractivity contribution in [3.05, 3.63) is 183 Å². The first kappa shape index (κ1) is 51.5. The predicted octanol–water partition coefficient (Wildman–Crippen LogP) is 14.4. The van der Waals surface area contributed by atoms with E-state index in [9.17, 15) is 13.0 Å². The van der Waals surface area contributed by atoms with E-state index in [1.54, 1.807) is 0 Å². The standard InChI is InChI=1S/C50H16F16O7S/c1-3-18-7-5-9-22(13-18)70-47-39(59)31(51)27(32(52)40(47)60)29-35(55)43(63)49(44(64)36(29)56)72-25-16-20-11-12-24(74(67,68)69)15-21(20)17-26(25)73-50-45(65)37(57)30(38(58)46(50)66)28-33(53)41(61)48(42(62)34(28)54)71-23-10-6-8-19(4-2)14-23/h1-2,5-17H,(H,67,68,69)/p-1. The highest BCUT2D eigenvalue weighted by Crippen LogP contribution is 2.48. The molecule has 0 bridgehead atoms. The molecule has 0 aromatic heterocycles. The molecule has 0 fully saturated rings. The smallest absolute Gasteiger partial charge is 0.205 e. The van der Waals surface area contributed by atoms with Gasteiger partial charge in [-0.05, 0) is 71.4 Å². The van der Waals surface area contributed by atoms with Crippen LogP contribution in [0.5, 0.6) is 46.0 Å². The van der Waals surface area contributed by atoms with E-state index < -0.39 is 187 Å². The summed E-state index contributed by atoms with van der Waals surface area (Å²) in [5, 5.41) is -1.02. The van der Waals surface area contributed by atoms with Gasteiger partial charge in [-0.1, -0.05) is 30.0 Å². The van der Waals surface area contributed by atoms with Crippen molar-refractivity contribution in [3.63, 3.8) is 0 Å². The average molecular weight is 1060 g/mol. The van der Waals surface area contributed by atoms with Crippen LogP contribution in [0.2, 0.25) is 0 Å². The van der Waals surface area contributed by atoms with Crippen LogP contribution in [0.15, 0.2) is 83.8 Å². The highest BCUT2D eigenvalue weighted by atomic mass is 32.2. The number of terminal acetylenes is 2. The number of benzene rings is 8. The van der Waals surface area contributed by atoms with Crippen molar-refractivity contribution >= 4 is 20.9 Å². The van der Waals surface area contributed by atoms with Gasteiger partial charge in [-0.15, -0.1) is 12.8 Å². The lowest BCUT2D eigenvalue weighted by molar-refractivity contribution is 0.336. The summed E-state index contributed by atoms with van der Waals surface area (Å²) < 4.78 is 305. The molecule has 0 atom stereocenters. The van der Waals surface area contributed by atoms with Crippen molar-refractivity contribution in [1.82, 2.24) is 0 Å². The molecule has 8 rings (SSSR count). The largest absolute Gasteiger partial charge is 0.744 e. The van der Waals surface area contributed by atoms with Crippen LogP contribution in [0, 0.1) is 118 Å². The summed E-state index contributed by atoms with van der Waals surface area (Å²) in [6, 6.07) is 11.5. The summed E-state index contributed by atoms with van der Waals surface area (Å²) in [5.41, 5.74) is -9.68. The highest BCUT2D eigenvalue weighted by molar-refractivity contribution is 7.85. The van der Waals surface area contributed by atoms with Gasteiger partial charge in [-0.25, -0.2) is 43.5 Å². The number of ether oxygens (including phenoxy) is 4. The quantitative estimate of drug-likeness (QED) is 0.0551. The monoisotopic (exact) mass is 1060 g/mol. The molecule has 376 valence electrons. The lowest BCUT2D eigenvalue weighted by atomic mass is 10.0. The third kappa shape index (κ3) is 8.83. The van der Waals surface area contributed by atoms with E-state index in [0.717, 1.165) is 30.3 Å². The second-order valence-electron chi connectivity index (χ2n) is 14.9. The Hall–Kier alpha value is -8.87. The molecule has 0 heterocycles. The van der Waals surface area contributed by atoms with Crippen molar-refractivity contribution in [2.24, 2.45) is 0 Å².